The third-order valence-electron chi connectivity index (χ3n) is 5.36. The lowest BCUT2D eigenvalue weighted by Gasteiger charge is -2.29. The quantitative estimate of drug-likeness (QED) is 0.845. The number of aryl methyl sites for hydroxylation is 1. The molecule has 4 rings (SSSR count). The molecule has 0 saturated carbocycles. The molecule has 0 amide bonds. The van der Waals surface area contributed by atoms with E-state index in [0.29, 0.717) is 12.0 Å². The Morgan fingerprint density at radius 3 is 2.96 bits per heavy atom. The van der Waals surface area contributed by atoms with Crippen molar-refractivity contribution in [2.45, 2.75) is 38.3 Å². The van der Waals surface area contributed by atoms with Crippen LogP contribution in [0.4, 0.5) is 5.69 Å². The van der Waals surface area contributed by atoms with E-state index in [0.717, 1.165) is 12.2 Å². The smallest absolute Gasteiger partial charge is 0.0605 e. The number of likely N-dealkylation sites (tertiary alicyclic amines) is 1. The number of nitrogens with zero attached hydrogens (tertiary/aromatic N) is 3. The van der Waals surface area contributed by atoms with Crippen molar-refractivity contribution in [1.29, 1.82) is 0 Å². The van der Waals surface area contributed by atoms with Crippen molar-refractivity contribution in [2.24, 2.45) is 0 Å². The summed E-state index contributed by atoms with van der Waals surface area (Å²) in [6.45, 7) is 5.50. The van der Waals surface area contributed by atoms with Crippen LogP contribution in [0.3, 0.4) is 0 Å². The molecule has 0 radical (unpaired) electrons. The molecule has 2 atom stereocenters. The first kappa shape index (κ1) is 14.7. The second-order valence-electron chi connectivity index (χ2n) is 7.09. The molecule has 120 valence electrons. The number of hydrogen-bond acceptors (Lipinski definition) is 3. The number of fused-ring (bicyclic) bond motifs is 3. The van der Waals surface area contributed by atoms with Gasteiger partial charge in [-0.2, -0.15) is 0 Å². The van der Waals surface area contributed by atoms with Gasteiger partial charge in [0.2, 0.25) is 0 Å². The summed E-state index contributed by atoms with van der Waals surface area (Å²) in [5.74, 6) is 0.626. The van der Waals surface area contributed by atoms with Crippen LogP contribution >= 0.6 is 0 Å². The van der Waals surface area contributed by atoms with Crippen LogP contribution in [0.5, 0.6) is 0 Å². The number of pyridine rings is 1. The van der Waals surface area contributed by atoms with E-state index in [-0.39, 0.29) is 0 Å². The van der Waals surface area contributed by atoms with Crippen LogP contribution in [0.25, 0.3) is 0 Å². The van der Waals surface area contributed by atoms with Gasteiger partial charge >= 0.3 is 0 Å². The number of aromatic nitrogens is 1. The average molecular weight is 307 g/mol. The lowest BCUT2D eigenvalue weighted by Crippen LogP contribution is -2.35. The maximum absolute atomic E-state index is 4.56. The van der Waals surface area contributed by atoms with Crippen LogP contribution in [-0.4, -0.2) is 36.1 Å². The molecular formula is C20H25N3. The molecule has 2 aromatic rings. The second-order valence-corrected chi connectivity index (χ2v) is 7.09. The Bertz CT molecular complexity index is 683. The Balaban J connectivity index is 1.73. The fraction of sp³-hybridized carbons (Fsp3) is 0.450. The molecular weight excluding hydrogens is 282 g/mol. The normalized spacial score (nSPS) is 24.2. The van der Waals surface area contributed by atoms with Crippen molar-refractivity contribution < 1.29 is 0 Å². The van der Waals surface area contributed by atoms with Gasteiger partial charge in [0.25, 0.3) is 0 Å². The van der Waals surface area contributed by atoms with Gasteiger partial charge in [-0.05, 0) is 57.1 Å². The minimum atomic E-state index is 0.610. The Kier molecular flexibility index (Phi) is 3.82. The van der Waals surface area contributed by atoms with Crippen LogP contribution in [0.2, 0.25) is 0 Å². The monoisotopic (exact) mass is 307 g/mol. The zero-order valence-corrected chi connectivity index (χ0v) is 14.1. The summed E-state index contributed by atoms with van der Waals surface area (Å²) in [5, 5.41) is 0. The summed E-state index contributed by atoms with van der Waals surface area (Å²) in [5.41, 5.74) is 5.50. The fourth-order valence-electron chi connectivity index (χ4n) is 4.28. The lowest BCUT2D eigenvalue weighted by atomic mass is 9.92. The van der Waals surface area contributed by atoms with Gasteiger partial charge < -0.3 is 9.80 Å². The molecule has 1 aromatic carbocycles. The molecule has 3 heterocycles. The first-order chi connectivity index (χ1) is 11.2. The molecule has 2 aliphatic heterocycles. The standard InChI is InChI=1S/C20H25N3/c1-15-8-9-20-17(12-15)18-14-22(2)11-5-7-19(18)23(20)13-16-6-3-4-10-21-16/h3-4,6,8-10,12,18-19H,5,7,11,13-14H2,1-2H3/t18-,19?/m0/s1. The molecule has 0 bridgehead atoms. The van der Waals surface area contributed by atoms with E-state index in [1.807, 2.05) is 12.3 Å². The van der Waals surface area contributed by atoms with E-state index in [1.54, 1.807) is 5.56 Å². The van der Waals surface area contributed by atoms with Gasteiger partial charge in [0.1, 0.15) is 0 Å². The van der Waals surface area contributed by atoms with Gasteiger partial charge in [-0.15, -0.1) is 0 Å². The minimum Gasteiger partial charge on any atom is -0.362 e. The topological polar surface area (TPSA) is 19.4 Å². The number of hydrogen-bond donors (Lipinski definition) is 0. The molecule has 3 heteroatoms. The average Bonchev–Trinajstić information content (AvgIpc) is 2.70. The largest absolute Gasteiger partial charge is 0.362 e. The van der Waals surface area contributed by atoms with E-state index >= 15 is 0 Å². The zero-order valence-electron chi connectivity index (χ0n) is 14.1. The highest BCUT2D eigenvalue weighted by molar-refractivity contribution is 5.63. The maximum atomic E-state index is 4.56. The van der Waals surface area contributed by atoms with Gasteiger partial charge in [0.15, 0.2) is 0 Å². The summed E-state index contributed by atoms with van der Waals surface area (Å²) in [7, 11) is 2.26. The number of benzene rings is 1. The van der Waals surface area contributed by atoms with E-state index in [4.69, 9.17) is 0 Å². The summed E-state index contributed by atoms with van der Waals surface area (Å²) >= 11 is 0. The predicted octanol–water partition coefficient (Wildman–Crippen LogP) is 3.59. The number of anilines is 1. The molecule has 0 N–H and O–H groups in total. The Hall–Kier alpha value is -1.87. The van der Waals surface area contributed by atoms with Gasteiger partial charge in [-0.25, -0.2) is 0 Å². The van der Waals surface area contributed by atoms with E-state index in [1.165, 1.54) is 37.2 Å². The highest BCUT2D eigenvalue weighted by Gasteiger charge is 2.39. The molecule has 1 unspecified atom stereocenters. The van der Waals surface area contributed by atoms with E-state index in [2.05, 4.69) is 59.1 Å². The minimum absolute atomic E-state index is 0.610. The number of rotatable bonds is 2. The first-order valence-electron chi connectivity index (χ1n) is 8.68. The Morgan fingerprint density at radius 2 is 2.13 bits per heavy atom. The van der Waals surface area contributed by atoms with Crippen molar-refractivity contribution in [3.63, 3.8) is 0 Å². The van der Waals surface area contributed by atoms with Crippen molar-refractivity contribution in [3.05, 3.63) is 59.4 Å². The molecule has 1 saturated heterocycles. The van der Waals surface area contributed by atoms with E-state index < -0.39 is 0 Å². The molecule has 23 heavy (non-hydrogen) atoms. The van der Waals surface area contributed by atoms with Crippen LogP contribution in [-0.2, 0) is 6.54 Å². The summed E-state index contributed by atoms with van der Waals surface area (Å²) < 4.78 is 0. The SMILES string of the molecule is Cc1ccc2c(c1)[C@@H]1CN(C)CCCC1N2Cc1ccccn1. The van der Waals surface area contributed by atoms with Crippen molar-refractivity contribution >= 4 is 5.69 Å². The molecule has 3 nitrogen and oxygen atoms in total. The Morgan fingerprint density at radius 1 is 1.22 bits per heavy atom. The van der Waals surface area contributed by atoms with E-state index in [9.17, 15) is 0 Å². The van der Waals surface area contributed by atoms with Gasteiger partial charge in [-0.3, -0.25) is 4.98 Å². The van der Waals surface area contributed by atoms with Crippen molar-refractivity contribution in [2.75, 3.05) is 25.0 Å². The molecule has 0 aliphatic carbocycles. The molecule has 1 fully saturated rings. The van der Waals surface area contributed by atoms with Crippen LogP contribution in [0, 0.1) is 6.92 Å². The van der Waals surface area contributed by atoms with Crippen molar-refractivity contribution in [1.82, 2.24) is 9.88 Å². The molecule has 0 spiro atoms. The third-order valence-corrected chi connectivity index (χ3v) is 5.36. The summed E-state index contributed by atoms with van der Waals surface area (Å²) in [4.78, 5) is 9.67. The lowest BCUT2D eigenvalue weighted by molar-refractivity contribution is 0.330. The highest BCUT2D eigenvalue weighted by Crippen LogP contribution is 2.45. The fourth-order valence-corrected chi connectivity index (χ4v) is 4.28. The summed E-state index contributed by atoms with van der Waals surface area (Å²) in [6, 6.07) is 13.8. The van der Waals surface area contributed by atoms with Crippen LogP contribution < -0.4 is 4.90 Å². The van der Waals surface area contributed by atoms with Crippen LogP contribution in [0.15, 0.2) is 42.6 Å². The third kappa shape index (κ3) is 2.74. The summed E-state index contributed by atoms with van der Waals surface area (Å²) in [6.07, 6.45) is 4.46. The second kappa shape index (κ2) is 5.97. The number of likely N-dealkylation sites (N-methyl/N-ethyl adjacent to an activating group) is 1. The highest BCUT2D eigenvalue weighted by atomic mass is 15.2. The van der Waals surface area contributed by atoms with Gasteiger partial charge in [0.05, 0.1) is 12.2 Å². The van der Waals surface area contributed by atoms with Gasteiger partial charge in [0, 0.05) is 30.4 Å². The zero-order chi connectivity index (χ0) is 15.8. The van der Waals surface area contributed by atoms with Crippen molar-refractivity contribution in [3.8, 4) is 0 Å². The molecule has 2 aliphatic rings. The first-order valence-corrected chi connectivity index (χ1v) is 8.68. The van der Waals surface area contributed by atoms with Crippen LogP contribution in [0.1, 0.15) is 35.6 Å². The van der Waals surface area contributed by atoms with Gasteiger partial charge in [-0.1, -0.05) is 23.8 Å². The maximum Gasteiger partial charge on any atom is 0.0605 e. The predicted molar refractivity (Wildman–Crippen MR) is 94.9 cm³/mol. The Labute approximate surface area is 139 Å². The molecule has 1 aromatic heterocycles.